The van der Waals surface area contributed by atoms with Crippen LogP contribution in [0.15, 0.2) is 30.5 Å². The van der Waals surface area contributed by atoms with E-state index in [0.29, 0.717) is 30.0 Å². The Bertz CT molecular complexity index is 1160. The summed E-state index contributed by atoms with van der Waals surface area (Å²) in [5.74, 6) is 2.86. The zero-order chi connectivity index (χ0) is 24.4. The van der Waals surface area contributed by atoms with E-state index in [2.05, 4.69) is 23.3 Å². The normalized spacial score (nSPS) is 17.5. The number of hydrogen-bond donors (Lipinski definition) is 2. The van der Waals surface area contributed by atoms with Gasteiger partial charge in [0, 0.05) is 56.1 Å². The number of nitrogens with one attached hydrogen (secondary N) is 1. The largest absolute Gasteiger partial charge is 0.497 e. The summed E-state index contributed by atoms with van der Waals surface area (Å²) in [6, 6.07) is 8.24. The topological polar surface area (TPSA) is 93.4 Å². The fourth-order valence-corrected chi connectivity index (χ4v) is 4.71. The van der Waals surface area contributed by atoms with Crippen molar-refractivity contribution in [2.24, 2.45) is 0 Å². The maximum Gasteiger partial charge on any atom is 0.161 e. The molecule has 1 unspecified atom stereocenters. The summed E-state index contributed by atoms with van der Waals surface area (Å²) in [5.41, 5.74) is 3.86. The molecule has 1 saturated heterocycles. The van der Waals surface area contributed by atoms with Crippen LogP contribution < -0.4 is 19.7 Å². The lowest BCUT2D eigenvalue weighted by Crippen LogP contribution is -2.37. The molecule has 35 heavy (non-hydrogen) atoms. The molecular formula is C26H35N5O4. The van der Waals surface area contributed by atoms with Gasteiger partial charge < -0.3 is 29.5 Å². The number of likely N-dealkylation sites (N-methyl/N-ethyl adjacent to an activating group) is 1. The van der Waals surface area contributed by atoms with Crippen molar-refractivity contribution in [3.63, 3.8) is 0 Å². The molecule has 0 amide bonds. The number of methoxy groups -OCH3 is 1. The molecule has 3 heterocycles. The highest BCUT2D eigenvalue weighted by molar-refractivity contribution is 5.71. The molecule has 1 saturated carbocycles. The van der Waals surface area contributed by atoms with Crippen LogP contribution >= 0.6 is 0 Å². The van der Waals surface area contributed by atoms with Gasteiger partial charge in [-0.15, -0.1) is 0 Å². The second-order valence-electron chi connectivity index (χ2n) is 9.48. The van der Waals surface area contributed by atoms with Gasteiger partial charge in [0.15, 0.2) is 5.65 Å². The molecule has 0 spiro atoms. The van der Waals surface area contributed by atoms with Gasteiger partial charge in [0.2, 0.25) is 0 Å². The number of hydrogen-bond acceptors (Lipinski definition) is 8. The van der Waals surface area contributed by atoms with Crippen LogP contribution in [0.3, 0.4) is 0 Å². The van der Waals surface area contributed by atoms with E-state index in [1.807, 2.05) is 28.9 Å². The van der Waals surface area contributed by atoms with Crippen molar-refractivity contribution in [1.82, 2.24) is 19.9 Å². The molecular weight excluding hydrogens is 446 g/mol. The van der Waals surface area contributed by atoms with E-state index in [0.717, 1.165) is 48.8 Å². The second kappa shape index (κ2) is 10.4. The summed E-state index contributed by atoms with van der Waals surface area (Å²) in [7, 11) is 5.58. The number of aromatic nitrogens is 3. The Morgan fingerprint density at radius 1 is 1.17 bits per heavy atom. The lowest BCUT2D eigenvalue weighted by molar-refractivity contribution is 0.0853. The molecule has 9 nitrogen and oxygen atoms in total. The number of aliphatic hydroxyl groups excluding tert-OH is 1. The number of aliphatic hydroxyl groups is 1. The van der Waals surface area contributed by atoms with Gasteiger partial charge in [0.25, 0.3) is 0 Å². The van der Waals surface area contributed by atoms with E-state index >= 15 is 0 Å². The molecule has 2 N–H and O–H groups in total. The standard InChI is InChI=1S/C26H35N5O4/c1-27-14-20(32)16-35-22-11-18(10-21(12-22)33-3)24-13-25(30(2)19-6-8-34-9-7-19)31-26(29-24)23(15-28-31)17-4-5-17/h10-13,15,17,19-20,27,32H,4-9,14,16H2,1-3H3. The Kier molecular flexibility index (Phi) is 7.08. The van der Waals surface area contributed by atoms with Gasteiger partial charge in [0.05, 0.1) is 19.0 Å². The fourth-order valence-electron chi connectivity index (χ4n) is 4.71. The predicted octanol–water partition coefficient (Wildman–Crippen LogP) is 2.86. The average Bonchev–Trinajstić information content (AvgIpc) is 3.65. The summed E-state index contributed by atoms with van der Waals surface area (Å²) in [6.07, 6.45) is 5.72. The fraction of sp³-hybridized carbons (Fsp3) is 0.538. The smallest absolute Gasteiger partial charge is 0.161 e. The van der Waals surface area contributed by atoms with Gasteiger partial charge >= 0.3 is 0 Å². The first-order valence-electron chi connectivity index (χ1n) is 12.4. The van der Waals surface area contributed by atoms with E-state index in [1.165, 1.54) is 18.4 Å². The summed E-state index contributed by atoms with van der Waals surface area (Å²) < 4.78 is 19.0. The molecule has 2 aromatic heterocycles. The monoisotopic (exact) mass is 481 g/mol. The van der Waals surface area contributed by atoms with Gasteiger partial charge in [-0.1, -0.05) is 0 Å². The SMILES string of the molecule is CNCC(O)COc1cc(OC)cc(-c2cc(N(C)C3CCOCC3)n3ncc(C4CC4)c3n2)c1. The van der Waals surface area contributed by atoms with Crippen molar-refractivity contribution in [2.75, 3.05) is 52.5 Å². The van der Waals surface area contributed by atoms with Crippen molar-refractivity contribution in [3.05, 3.63) is 36.0 Å². The minimum absolute atomic E-state index is 0.187. The number of ether oxygens (including phenoxy) is 3. The molecule has 0 radical (unpaired) electrons. The minimum atomic E-state index is -0.600. The first kappa shape index (κ1) is 23.8. The van der Waals surface area contributed by atoms with Gasteiger partial charge in [-0.25, -0.2) is 4.98 Å². The number of fused-ring (bicyclic) bond motifs is 1. The van der Waals surface area contributed by atoms with E-state index in [9.17, 15) is 5.11 Å². The minimum Gasteiger partial charge on any atom is -0.497 e. The Morgan fingerprint density at radius 2 is 1.94 bits per heavy atom. The second-order valence-corrected chi connectivity index (χ2v) is 9.48. The molecule has 2 fully saturated rings. The Balaban J connectivity index is 1.55. The molecule has 9 heteroatoms. The van der Waals surface area contributed by atoms with Crippen LogP contribution in [0.1, 0.15) is 37.2 Å². The maximum absolute atomic E-state index is 10.1. The molecule has 1 aliphatic carbocycles. The van der Waals surface area contributed by atoms with Crippen LogP contribution in [0.5, 0.6) is 11.5 Å². The van der Waals surface area contributed by atoms with Crippen molar-refractivity contribution in [2.45, 2.75) is 43.7 Å². The van der Waals surface area contributed by atoms with E-state index in [-0.39, 0.29) is 6.61 Å². The number of rotatable bonds is 10. The molecule has 3 aromatic rings. The number of nitrogens with zero attached hydrogens (tertiary/aromatic N) is 4. The molecule has 1 atom stereocenters. The number of anilines is 1. The van der Waals surface area contributed by atoms with Crippen LogP contribution in [0.25, 0.3) is 16.9 Å². The molecule has 1 aromatic carbocycles. The van der Waals surface area contributed by atoms with Crippen LogP contribution in [-0.2, 0) is 4.74 Å². The van der Waals surface area contributed by atoms with Crippen LogP contribution in [-0.4, -0.2) is 79.4 Å². The summed E-state index contributed by atoms with van der Waals surface area (Å²) >= 11 is 0. The summed E-state index contributed by atoms with van der Waals surface area (Å²) in [5, 5.41) is 17.8. The van der Waals surface area contributed by atoms with Crippen LogP contribution in [0, 0.1) is 0 Å². The van der Waals surface area contributed by atoms with Gasteiger partial charge in [-0.2, -0.15) is 9.61 Å². The highest BCUT2D eigenvalue weighted by Gasteiger charge is 2.30. The lowest BCUT2D eigenvalue weighted by Gasteiger charge is -2.33. The maximum atomic E-state index is 10.1. The van der Waals surface area contributed by atoms with Gasteiger partial charge in [-0.05, 0) is 50.8 Å². The van der Waals surface area contributed by atoms with E-state index in [1.54, 1.807) is 14.2 Å². The zero-order valence-electron chi connectivity index (χ0n) is 20.7. The molecule has 1 aliphatic heterocycles. The summed E-state index contributed by atoms with van der Waals surface area (Å²) in [4.78, 5) is 7.39. The molecule has 2 aliphatic rings. The number of benzene rings is 1. The Hall–Kier alpha value is -2.88. The highest BCUT2D eigenvalue weighted by atomic mass is 16.5. The van der Waals surface area contributed by atoms with Crippen molar-refractivity contribution in [3.8, 4) is 22.8 Å². The molecule has 0 bridgehead atoms. The first-order chi connectivity index (χ1) is 17.1. The van der Waals surface area contributed by atoms with Crippen molar-refractivity contribution < 1.29 is 19.3 Å². The van der Waals surface area contributed by atoms with Crippen LogP contribution in [0.4, 0.5) is 5.82 Å². The highest BCUT2D eigenvalue weighted by Crippen LogP contribution is 2.43. The zero-order valence-corrected chi connectivity index (χ0v) is 20.7. The third kappa shape index (κ3) is 5.22. The van der Waals surface area contributed by atoms with E-state index in [4.69, 9.17) is 24.3 Å². The van der Waals surface area contributed by atoms with Crippen molar-refractivity contribution >= 4 is 11.5 Å². The molecule has 5 rings (SSSR count). The lowest BCUT2D eigenvalue weighted by atomic mass is 10.1. The summed E-state index contributed by atoms with van der Waals surface area (Å²) in [6.45, 7) is 2.20. The van der Waals surface area contributed by atoms with Gasteiger partial charge in [-0.3, -0.25) is 0 Å². The Morgan fingerprint density at radius 3 is 2.66 bits per heavy atom. The average molecular weight is 482 g/mol. The van der Waals surface area contributed by atoms with E-state index < -0.39 is 6.10 Å². The Labute approximate surface area is 206 Å². The third-order valence-electron chi connectivity index (χ3n) is 6.89. The van der Waals surface area contributed by atoms with Gasteiger partial charge in [0.1, 0.15) is 30.0 Å². The molecule has 188 valence electrons. The van der Waals surface area contributed by atoms with Crippen LogP contribution in [0.2, 0.25) is 0 Å². The third-order valence-corrected chi connectivity index (χ3v) is 6.89. The first-order valence-corrected chi connectivity index (χ1v) is 12.4. The predicted molar refractivity (Wildman–Crippen MR) is 135 cm³/mol. The van der Waals surface area contributed by atoms with Crippen molar-refractivity contribution in [1.29, 1.82) is 0 Å². The quantitative estimate of drug-likeness (QED) is 0.457.